The van der Waals surface area contributed by atoms with Gasteiger partial charge in [-0.3, -0.25) is 25.1 Å². The molecule has 15 heteroatoms. The number of likely N-dealkylation sites (tertiary alicyclic amines) is 1. The van der Waals surface area contributed by atoms with Crippen LogP contribution in [-0.2, 0) is 29.9 Å². The molecule has 4 unspecified atom stereocenters. The smallest absolute Gasteiger partial charge is 0.323 e. The molecular weight excluding hydrogens is 720 g/mol. The van der Waals surface area contributed by atoms with Gasteiger partial charge in [-0.2, -0.15) is 10.2 Å². The molecule has 1 aliphatic carbocycles. The van der Waals surface area contributed by atoms with Gasteiger partial charge < -0.3 is 29.3 Å². The Morgan fingerprint density at radius 2 is 2.00 bits per heavy atom. The molecule has 1 fully saturated rings. The summed E-state index contributed by atoms with van der Waals surface area (Å²) < 4.78 is 18.4. The summed E-state index contributed by atoms with van der Waals surface area (Å²) in [6.07, 6.45) is 4.79. The number of hydrogen-bond acceptors (Lipinski definition) is 13. The molecule has 1 saturated heterocycles. The maximum Gasteiger partial charge on any atom is 0.323 e. The molecule has 4 N–H and O–H groups in total. The predicted octanol–water partition coefficient (Wildman–Crippen LogP) is 4.83. The number of ether oxygens (including phenoxy) is 2. The van der Waals surface area contributed by atoms with Crippen molar-refractivity contribution in [2.75, 3.05) is 19.7 Å². The van der Waals surface area contributed by atoms with E-state index in [4.69, 9.17) is 19.0 Å². The summed E-state index contributed by atoms with van der Waals surface area (Å²) in [5.41, 5.74) is 2.90. The second-order valence-corrected chi connectivity index (χ2v) is 14.3. The van der Waals surface area contributed by atoms with Crippen molar-refractivity contribution in [3.63, 3.8) is 0 Å². The molecule has 56 heavy (non-hydrogen) atoms. The van der Waals surface area contributed by atoms with E-state index >= 15 is 0 Å². The van der Waals surface area contributed by atoms with Crippen LogP contribution in [0.4, 0.5) is 5.69 Å². The maximum absolute atomic E-state index is 12.6. The van der Waals surface area contributed by atoms with E-state index in [9.17, 15) is 35.5 Å². The van der Waals surface area contributed by atoms with Crippen LogP contribution in [0.5, 0.6) is 11.5 Å². The van der Waals surface area contributed by atoms with Gasteiger partial charge >= 0.3 is 11.7 Å². The van der Waals surface area contributed by atoms with Gasteiger partial charge in [-0.15, -0.1) is 0 Å². The van der Waals surface area contributed by atoms with Crippen molar-refractivity contribution >= 4 is 17.2 Å². The Morgan fingerprint density at radius 1 is 1.20 bits per heavy atom. The summed E-state index contributed by atoms with van der Waals surface area (Å²) in [7, 11) is 0. The van der Waals surface area contributed by atoms with Crippen LogP contribution >= 0.6 is 0 Å². The number of carbonyl (C=O) groups is 1. The number of allylic oxidation sites excluding steroid dienone is 3. The molecule has 0 saturated carbocycles. The van der Waals surface area contributed by atoms with Crippen LogP contribution in [0.3, 0.4) is 0 Å². The van der Waals surface area contributed by atoms with E-state index in [2.05, 4.69) is 16.5 Å². The first-order valence-electron chi connectivity index (χ1n) is 18.3. The largest absolute Gasteiger partial charge is 0.488 e. The molecule has 0 amide bonds. The molecule has 2 heterocycles. The molecule has 1 aliphatic heterocycles. The molecule has 6 rings (SSSR count). The first kappa shape index (κ1) is 39.8. The number of nitriles is 1. The highest BCUT2D eigenvalue weighted by Crippen LogP contribution is 2.45. The lowest BCUT2D eigenvalue weighted by molar-refractivity contribution is -0.386. The first-order valence-corrected chi connectivity index (χ1v) is 18.3. The predicted molar refractivity (Wildman–Crippen MR) is 203 cm³/mol. The fraction of sp³-hybridized carbons (Fsp3) is 0.366. The molecule has 292 valence electrons. The van der Waals surface area contributed by atoms with E-state index in [1.54, 1.807) is 24.3 Å². The SMILES string of the molecule is Cc1ccccc1C1=CC=CC(COc2cc(OCc3cccc(C#N)c3)c(CNC(C(=O)O)C(C)O)cc2[N+](=O)[O-])(c2noc(CN3CC[C@@H](O)C3)n2)C1C. The van der Waals surface area contributed by atoms with Crippen molar-refractivity contribution < 1.29 is 39.0 Å². The van der Waals surface area contributed by atoms with Crippen molar-refractivity contribution in [3.05, 3.63) is 129 Å². The third-order valence-electron chi connectivity index (χ3n) is 10.4. The van der Waals surface area contributed by atoms with Gasteiger partial charge in [0.05, 0.1) is 40.7 Å². The number of nitrogens with one attached hydrogen (secondary N) is 1. The number of β-amino-alcohol motifs (C(OH)–C–C–N with tert-alkyl or cyclic N) is 1. The minimum Gasteiger partial charge on any atom is -0.488 e. The molecule has 3 aromatic carbocycles. The van der Waals surface area contributed by atoms with Crippen molar-refractivity contribution in [2.24, 2.45) is 5.92 Å². The van der Waals surface area contributed by atoms with E-state index < -0.39 is 40.2 Å². The van der Waals surface area contributed by atoms with E-state index in [0.29, 0.717) is 48.9 Å². The number of hydrogen-bond donors (Lipinski definition) is 4. The van der Waals surface area contributed by atoms with Gasteiger partial charge in [-0.1, -0.05) is 66.7 Å². The normalized spacial score (nSPS) is 20.5. The Labute approximate surface area is 323 Å². The van der Waals surface area contributed by atoms with E-state index in [-0.39, 0.29) is 42.7 Å². The average Bonchev–Trinajstić information content (AvgIpc) is 3.82. The highest BCUT2D eigenvalue weighted by Gasteiger charge is 2.45. The second kappa shape index (κ2) is 17.3. The van der Waals surface area contributed by atoms with E-state index in [1.807, 2.05) is 61.2 Å². The van der Waals surface area contributed by atoms with Gasteiger partial charge in [0.25, 0.3) is 0 Å². The van der Waals surface area contributed by atoms with Gasteiger partial charge in [0, 0.05) is 43.2 Å². The van der Waals surface area contributed by atoms with Crippen molar-refractivity contribution in [1.29, 1.82) is 5.26 Å². The number of rotatable bonds is 16. The number of nitro groups is 1. The minimum atomic E-state index is -1.37. The fourth-order valence-corrected chi connectivity index (χ4v) is 7.17. The average molecular weight is 765 g/mol. The van der Waals surface area contributed by atoms with Crippen LogP contribution in [0.25, 0.3) is 5.57 Å². The number of nitrogens with zero attached hydrogens (tertiary/aromatic N) is 5. The standard InChI is InChI=1S/C41H44N6O9/c1-25-8-4-5-11-32(25)33-12-7-14-41(26(33)2,40-44-37(56-45-40)22-46-15-13-31(49)21-46)24-55-36-18-35(54-23-29-10-6-9-28(16-29)19-42)30(17-34(36)47(52)53)20-43-38(27(3)48)39(50)51/h4-12,14,16-18,26-27,31,38,43,48-49H,13,15,20-24H2,1-3H3,(H,50,51)/t26?,27?,31-,38?,41?/m1/s1. The van der Waals surface area contributed by atoms with Crippen LogP contribution in [0.1, 0.15) is 59.8 Å². The third-order valence-corrected chi connectivity index (χ3v) is 10.4. The zero-order valence-electron chi connectivity index (χ0n) is 31.3. The molecule has 0 radical (unpaired) electrons. The molecule has 1 aromatic heterocycles. The molecule has 5 atom stereocenters. The van der Waals surface area contributed by atoms with Crippen LogP contribution in [0.15, 0.2) is 83.4 Å². The Bertz CT molecular complexity index is 2180. The van der Waals surface area contributed by atoms with Crippen LogP contribution in [0, 0.1) is 34.3 Å². The molecule has 0 bridgehead atoms. The van der Waals surface area contributed by atoms with Gasteiger partial charge in [0.1, 0.15) is 25.0 Å². The Hall–Kier alpha value is -5.92. The number of carboxylic acid groups (broad SMARTS) is 1. The lowest BCUT2D eigenvalue weighted by atomic mass is 9.68. The van der Waals surface area contributed by atoms with Gasteiger partial charge in [0.2, 0.25) is 11.6 Å². The van der Waals surface area contributed by atoms with Crippen LogP contribution in [-0.4, -0.2) is 79.2 Å². The molecule has 0 spiro atoms. The van der Waals surface area contributed by atoms with Crippen molar-refractivity contribution in [2.45, 2.75) is 70.6 Å². The number of carboxylic acids is 1. The monoisotopic (exact) mass is 764 g/mol. The number of aliphatic hydroxyl groups is 2. The highest BCUT2D eigenvalue weighted by atomic mass is 16.6. The number of benzene rings is 3. The Kier molecular flexibility index (Phi) is 12.3. The topological polar surface area (TPSA) is 217 Å². The Balaban J connectivity index is 1.38. The van der Waals surface area contributed by atoms with Crippen molar-refractivity contribution in [1.82, 2.24) is 20.4 Å². The van der Waals surface area contributed by atoms with Gasteiger partial charge in [-0.05, 0) is 54.7 Å². The van der Waals surface area contributed by atoms with Gasteiger partial charge in [-0.25, -0.2) is 0 Å². The third kappa shape index (κ3) is 8.79. The number of nitro benzene ring substituents is 1. The quantitative estimate of drug-likeness (QED) is 0.0888. The summed E-state index contributed by atoms with van der Waals surface area (Å²) in [5.74, 6) is -0.890. The highest BCUT2D eigenvalue weighted by molar-refractivity contribution is 5.75. The van der Waals surface area contributed by atoms with Crippen LogP contribution < -0.4 is 14.8 Å². The number of aliphatic hydroxyl groups excluding tert-OH is 2. The fourth-order valence-electron chi connectivity index (χ4n) is 7.17. The number of aromatic nitrogens is 2. The minimum absolute atomic E-state index is 0.0213. The first-order chi connectivity index (χ1) is 26.9. The lowest BCUT2D eigenvalue weighted by Crippen LogP contribution is -2.44. The number of aliphatic carboxylic acids is 1. The lowest BCUT2D eigenvalue weighted by Gasteiger charge is -2.37. The number of aryl methyl sites for hydroxylation is 1. The molecule has 15 nitrogen and oxygen atoms in total. The van der Waals surface area contributed by atoms with Crippen molar-refractivity contribution in [3.8, 4) is 17.6 Å². The van der Waals surface area contributed by atoms with Gasteiger partial charge in [0.15, 0.2) is 5.82 Å². The van der Waals surface area contributed by atoms with E-state index in [1.165, 1.54) is 19.1 Å². The second-order valence-electron chi connectivity index (χ2n) is 14.3. The van der Waals surface area contributed by atoms with Crippen LogP contribution in [0.2, 0.25) is 0 Å². The zero-order valence-corrected chi connectivity index (χ0v) is 31.3. The molecule has 4 aromatic rings. The maximum atomic E-state index is 12.6. The summed E-state index contributed by atoms with van der Waals surface area (Å²) in [6.45, 7) is 6.50. The summed E-state index contributed by atoms with van der Waals surface area (Å²) in [4.78, 5) is 30.7. The van der Waals surface area contributed by atoms with E-state index in [0.717, 1.165) is 16.7 Å². The molecule has 2 aliphatic rings. The summed E-state index contributed by atoms with van der Waals surface area (Å²) >= 11 is 0. The Morgan fingerprint density at radius 3 is 2.70 bits per heavy atom. The molecular formula is C41H44N6O9. The summed E-state index contributed by atoms with van der Waals surface area (Å²) in [6, 6.07) is 18.1. The summed E-state index contributed by atoms with van der Waals surface area (Å²) in [5, 5.41) is 59.0. The zero-order chi connectivity index (χ0) is 40.0.